The van der Waals surface area contributed by atoms with Crippen molar-refractivity contribution in [3.63, 3.8) is 0 Å². The second-order valence-electron chi connectivity index (χ2n) is 5.04. The molecule has 0 aromatic heterocycles. The molecular weight excluding hydrogens is 314 g/mol. The Bertz CT molecular complexity index is 619. The van der Waals surface area contributed by atoms with Gasteiger partial charge in [0, 0.05) is 4.47 Å². The molecule has 0 radical (unpaired) electrons. The van der Waals surface area contributed by atoms with Crippen LogP contribution in [-0.2, 0) is 0 Å². The predicted octanol–water partition coefficient (Wildman–Crippen LogP) is 4.56. The van der Waals surface area contributed by atoms with Crippen molar-refractivity contribution in [2.75, 3.05) is 0 Å². The third-order valence-corrected chi connectivity index (χ3v) is 4.41. The molecule has 0 spiro atoms. The maximum Gasteiger partial charge on any atom is 0.252 e. The number of rotatable bonds is 3. The minimum atomic E-state index is -0.0614. The lowest BCUT2D eigenvalue weighted by atomic mass is 10.1. The smallest absolute Gasteiger partial charge is 0.252 e. The Morgan fingerprint density at radius 2 is 1.75 bits per heavy atom. The maximum atomic E-state index is 12.3. The van der Waals surface area contributed by atoms with Gasteiger partial charge in [0.2, 0.25) is 0 Å². The van der Waals surface area contributed by atoms with E-state index in [9.17, 15) is 4.79 Å². The van der Waals surface area contributed by atoms with Gasteiger partial charge in [0.1, 0.15) is 0 Å². The van der Waals surface area contributed by atoms with Crippen LogP contribution in [0.4, 0.5) is 0 Å². The lowest BCUT2D eigenvalue weighted by Gasteiger charge is -2.15. The molecule has 1 N–H and O–H groups in total. The fourth-order valence-electron chi connectivity index (χ4n) is 2.04. The van der Waals surface area contributed by atoms with Gasteiger partial charge in [-0.3, -0.25) is 4.79 Å². The van der Waals surface area contributed by atoms with Gasteiger partial charge in [0.05, 0.1) is 11.6 Å². The van der Waals surface area contributed by atoms with Crippen molar-refractivity contribution in [2.24, 2.45) is 0 Å². The molecule has 0 heterocycles. The van der Waals surface area contributed by atoms with E-state index in [1.165, 1.54) is 5.56 Å². The van der Waals surface area contributed by atoms with Crippen LogP contribution in [-0.4, -0.2) is 5.91 Å². The van der Waals surface area contributed by atoms with Gasteiger partial charge in [-0.15, -0.1) is 0 Å². The zero-order valence-corrected chi connectivity index (χ0v) is 13.5. The highest BCUT2D eigenvalue weighted by molar-refractivity contribution is 9.10. The highest BCUT2D eigenvalue weighted by Gasteiger charge is 2.14. The second kappa shape index (κ2) is 6.23. The van der Waals surface area contributed by atoms with E-state index in [-0.39, 0.29) is 11.9 Å². The number of aryl methyl sites for hydroxylation is 2. The van der Waals surface area contributed by atoms with Crippen molar-refractivity contribution >= 4 is 21.8 Å². The summed E-state index contributed by atoms with van der Waals surface area (Å²) < 4.78 is 0.855. The number of halogens is 1. The van der Waals surface area contributed by atoms with Gasteiger partial charge in [0.15, 0.2) is 0 Å². The van der Waals surface area contributed by atoms with Crippen molar-refractivity contribution in [3.05, 3.63) is 69.2 Å². The van der Waals surface area contributed by atoms with Gasteiger partial charge < -0.3 is 5.32 Å². The summed E-state index contributed by atoms with van der Waals surface area (Å²) in [5.74, 6) is -0.0614. The Labute approximate surface area is 128 Å². The van der Waals surface area contributed by atoms with Crippen LogP contribution >= 0.6 is 15.9 Å². The number of nitrogens with one attached hydrogen (secondary N) is 1. The topological polar surface area (TPSA) is 29.1 Å². The summed E-state index contributed by atoms with van der Waals surface area (Å²) in [5, 5.41) is 3.03. The molecule has 0 bridgehead atoms. The number of benzene rings is 2. The van der Waals surface area contributed by atoms with Crippen LogP contribution in [0.1, 0.15) is 40.0 Å². The van der Waals surface area contributed by atoms with E-state index in [2.05, 4.69) is 40.3 Å². The Morgan fingerprint density at radius 1 is 1.10 bits per heavy atom. The van der Waals surface area contributed by atoms with E-state index < -0.39 is 0 Å². The highest BCUT2D eigenvalue weighted by atomic mass is 79.9. The fourth-order valence-corrected chi connectivity index (χ4v) is 2.48. The summed E-state index contributed by atoms with van der Waals surface area (Å²) in [7, 11) is 0. The van der Waals surface area contributed by atoms with Gasteiger partial charge in [-0.1, -0.05) is 42.0 Å². The molecule has 0 aliphatic rings. The summed E-state index contributed by atoms with van der Waals surface area (Å²) in [5.41, 5.74) is 4.05. The average Bonchev–Trinajstić information content (AvgIpc) is 2.42. The van der Waals surface area contributed by atoms with E-state index in [1.54, 1.807) is 0 Å². The van der Waals surface area contributed by atoms with Crippen molar-refractivity contribution < 1.29 is 4.79 Å². The van der Waals surface area contributed by atoms with Gasteiger partial charge in [-0.25, -0.2) is 0 Å². The number of hydrogen-bond acceptors (Lipinski definition) is 1. The normalized spacial score (nSPS) is 12.0. The number of carbonyl (C=O) groups is 1. The molecule has 2 aromatic rings. The van der Waals surface area contributed by atoms with Crippen molar-refractivity contribution in [1.29, 1.82) is 0 Å². The summed E-state index contributed by atoms with van der Waals surface area (Å²) in [6.07, 6.45) is 0. The first kappa shape index (κ1) is 14.8. The van der Waals surface area contributed by atoms with Crippen molar-refractivity contribution in [3.8, 4) is 0 Å². The Balaban J connectivity index is 2.15. The molecule has 1 unspecified atom stereocenters. The largest absolute Gasteiger partial charge is 0.345 e. The molecule has 3 heteroatoms. The molecule has 2 rings (SSSR count). The van der Waals surface area contributed by atoms with E-state index in [0.29, 0.717) is 5.56 Å². The zero-order valence-electron chi connectivity index (χ0n) is 11.9. The second-order valence-corrected chi connectivity index (χ2v) is 5.84. The first-order valence-corrected chi connectivity index (χ1v) is 7.41. The molecule has 104 valence electrons. The van der Waals surface area contributed by atoms with Crippen LogP contribution in [0.5, 0.6) is 0 Å². The summed E-state index contributed by atoms with van der Waals surface area (Å²) >= 11 is 3.48. The van der Waals surface area contributed by atoms with Crippen molar-refractivity contribution in [2.45, 2.75) is 26.8 Å². The molecule has 0 saturated carbocycles. The molecular formula is C17H18BrNO. The lowest BCUT2D eigenvalue weighted by Crippen LogP contribution is -2.27. The molecule has 2 aromatic carbocycles. The summed E-state index contributed by atoms with van der Waals surface area (Å²) in [6, 6.07) is 13.9. The molecule has 1 amide bonds. The standard InChI is InChI=1S/C17H18BrNO/c1-11-7-9-14(10-8-11)13(3)19-17(20)15-6-4-5-12(2)16(15)18/h4-10,13H,1-3H3,(H,19,20). The van der Waals surface area contributed by atoms with Crippen LogP contribution in [0, 0.1) is 13.8 Å². The minimum absolute atomic E-state index is 0.0180. The molecule has 2 nitrogen and oxygen atoms in total. The summed E-state index contributed by atoms with van der Waals surface area (Å²) in [6.45, 7) is 6.02. The van der Waals surface area contributed by atoms with Gasteiger partial charge in [0.25, 0.3) is 5.91 Å². The first-order valence-electron chi connectivity index (χ1n) is 6.61. The van der Waals surface area contributed by atoms with Gasteiger partial charge >= 0.3 is 0 Å². The van der Waals surface area contributed by atoms with Crippen LogP contribution in [0.15, 0.2) is 46.9 Å². The zero-order chi connectivity index (χ0) is 14.7. The van der Waals surface area contributed by atoms with Gasteiger partial charge in [-0.05, 0) is 53.9 Å². The van der Waals surface area contributed by atoms with Gasteiger partial charge in [-0.2, -0.15) is 0 Å². The Hall–Kier alpha value is -1.61. The van der Waals surface area contributed by atoms with E-state index in [1.807, 2.05) is 44.2 Å². The Kier molecular flexibility index (Phi) is 4.61. The molecule has 0 saturated heterocycles. The highest BCUT2D eigenvalue weighted by Crippen LogP contribution is 2.22. The van der Waals surface area contributed by atoms with E-state index in [0.717, 1.165) is 15.6 Å². The quantitative estimate of drug-likeness (QED) is 0.877. The number of amides is 1. The van der Waals surface area contributed by atoms with E-state index in [4.69, 9.17) is 0 Å². The molecule has 20 heavy (non-hydrogen) atoms. The van der Waals surface area contributed by atoms with E-state index >= 15 is 0 Å². The number of carbonyl (C=O) groups excluding carboxylic acids is 1. The third kappa shape index (κ3) is 3.28. The maximum absolute atomic E-state index is 12.3. The molecule has 0 aliphatic heterocycles. The SMILES string of the molecule is Cc1ccc(C(C)NC(=O)c2cccc(C)c2Br)cc1. The monoisotopic (exact) mass is 331 g/mol. The van der Waals surface area contributed by atoms with Crippen molar-refractivity contribution in [1.82, 2.24) is 5.32 Å². The fraction of sp³-hybridized carbons (Fsp3) is 0.235. The van der Waals surface area contributed by atoms with Crippen LogP contribution in [0.2, 0.25) is 0 Å². The molecule has 0 aliphatic carbocycles. The van der Waals surface area contributed by atoms with Crippen LogP contribution in [0.25, 0.3) is 0 Å². The third-order valence-electron chi connectivity index (χ3n) is 3.36. The Morgan fingerprint density at radius 3 is 2.40 bits per heavy atom. The average molecular weight is 332 g/mol. The first-order chi connectivity index (χ1) is 9.49. The van der Waals surface area contributed by atoms with Crippen LogP contribution < -0.4 is 5.32 Å². The minimum Gasteiger partial charge on any atom is -0.345 e. The predicted molar refractivity (Wildman–Crippen MR) is 85.9 cm³/mol. The molecule has 1 atom stereocenters. The number of hydrogen-bond donors (Lipinski definition) is 1. The summed E-state index contributed by atoms with van der Waals surface area (Å²) in [4.78, 5) is 12.3. The lowest BCUT2D eigenvalue weighted by molar-refractivity contribution is 0.0939. The van der Waals surface area contributed by atoms with Crippen LogP contribution in [0.3, 0.4) is 0 Å². The molecule has 0 fully saturated rings.